The second-order valence-electron chi connectivity index (χ2n) is 6.40. The molecule has 97 valence electrons. The molecule has 2 nitrogen and oxygen atoms in total. The molecule has 1 rings (SSSR count). The first-order valence-corrected chi connectivity index (χ1v) is 6.24. The molecule has 0 aromatic rings. The molecule has 0 amide bonds. The van der Waals surface area contributed by atoms with Crippen LogP contribution < -0.4 is 0 Å². The Morgan fingerprint density at radius 3 is 2.00 bits per heavy atom. The molecular formula is C14H25O2Y-. The smallest absolute Gasteiger partial charge is 0.170 e. The molecule has 0 heterocycles. The van der Waals surface area contributed by atoms with Crippen LogP contribution in [0.15, 0.2) is 0 Å². The Labute approximate surface area is 131 Å². The molecule has 0 aromatic carbocycles. The van der Waals surface area contributed by atoms with Gasteiger partial charge in [-0.1, -0.05) is 34.6 Å². The topological polar surface area (TPSA) is 26.3 Å². The first-order valence-electron chi connectivity index (χ1n) is 6.24. The average molecular weight is 314 g/mol. The summed E-state index contributed by atoms with van der Waals surface area (Å²) < 4.78 is 5.72. The molecule has 1 aliphatic rings. The van der Waals surface area contributed by atoms with Gasteiger partial charge in [0.25, 0.3) is 0 Å². The maximum Gasteiger partial charge on any atom is 0.170 e. The van der Waals surface area contributed by atoms with Crippen LogP contribution in [0.2, 0.25) is 0 Å². The Bertz CT molecular complexity index is 255. The van der Waals surface area contributed by atoms with Gasteiger partial charge in [-0.15, -0.1) is 0 Å². The SMILES string of the molecule is CC[C-](C)C(=O)OC1C(C)(C)CCC1(C)C.[Y]. The van der Waals surface area contributed by atoms with E-state index < -0.39 is 0 Å². The minimum Gasteiger partial charge on any atom is -0.484 e. The summed E-state index contributed by atoms with van der Waals surface area (Å²) in [5.74, 6) is 0.703. The Morgan fingerprint density at radius 1 is 1.24 bits per heavy atom. The van der Waals surface area contributed by atoms with Crippen molar-refractivity contribution >= 4 is 5.97 Å². The molecule has 0 unspecified atom stereocenters. The third-order valence-corrected chi connectivity index (χ3v) is 3.94. The van der Waals surface area contributed by atoms with Crippen molar-refractivity contribution in [3.05, 3.63) is 5.92 Å². The molecule has 0 atom stereocenters. The van der Waals surface area contributed by atoms with Crippen molar-refractivity contribution in [3.8, 4) is 0 Å². The quantitative estimate of drug-likeness (QED) is 0.586. The first-order chi connectivity index (χ1) is 7.20. The largest absolute Gasteiger partial charge is 0.484 e. The molecule has 0 bridgehead atoms. The van der Waals surface area contributed by atoms with Crippen LogP contribution in [0.4, 0.5) is 0 Å². The number of ether oxygens (including phenoxy) is 1. The van der Waals surface area contributed by atoms with Crippen molar-refractivity contribution in [3.63, 3.8) is 0 Å². The molecule has 1 radical (unpaired) electrons. The zero-order valence-corrected chi connectivity index (χ0v) is 14.9. The Hall–Kier alpha value is 0.444. The standard InChI is InChI=1S/C14H25O2.Y/c1-7-10(2)11(15)16-12-13(3,4)8-9-14(12,5)6;/h12H,7-9H2,1-6H3;/q-1;. The molecule has 0 N–H and O–H groups in total. The van der Waals surface area contributed by atoms with Gasteiger partial charge in [0.15, 0.2) is 5.97 Å². The number of hydrogen-bond acceptors (Lipinski definition) is 2. The fourth-order valence-corrected chi connectivity index (χ4v) is 2.64. The summed E-state index contributed by atoms with van der Waals surface area (Å²) in [4.78, 5) is 11.8. The van der Waals surface area contributed by atoms with E-state index in [0.717, 1.165) is 25.2 Å². The van der Waals surface area contributed by atoms with Gasteiger partial charge >= 0.3 is 0 Å². The summed E-state index contributed by atoms with van der Waals surface area (Å²) in [5.41, 5.74) is 0.209. The Morgan fingerprint density at radius 2 is 1.65 bits per heavy atom. The monoisotopic (exact) mass is 314 g/mol. The Balaban J connectivity index is 0.00000256. The molecule has 1 saturated carbocycles. The van der Waals surface area contributed by atoms with Crippen molar-refractivity contribution in [1.82, 2.24) is 0 Å². The summed E-state index contributed by atoms with van der Waals surface area (Å²) in [6.07, 6.45) is 3.06. The van der Waals surface area contributed by atoms with E-state index >= 15 is 0 Å². The fraction of sp³-hybridized carbons (Fsp3) is 0.857. The maximum atomic E-state index is 11.8. The molecule has 3 heteroatoms. The van der Waals surface area contributed by atoms with E-state index in [2.05, 4.69) is 27.7 Å². The van der Waals surface area contributed by atoms with E-state index in [1.165, 1.54) is 0 Å². The van der Waals surface area contributed by atoms with Gasteiger partial charge in [0.2, 0.25) is 0 Å². The van der Waals surface area contributed by atoms with Crippen molar-refractivity contribution in [1.29, 1.82) is 0 Å². The molecule has 17 heavy (non-hydrogen) atoms. The van der Waals surface area contributed by atoms with Crippen LogP contribution in [-0.4, -0.2) is 12.1 Å². The van der Waals surface area contributed by atoms with Gasteiger partial charge in [0.1, 0.15) is 6.10 Å². The van der Waals surface area contributed by atoms with Crippen LogP contribution in [0.1, 0.15) is 60.8 Å². The minimum atomic E-state index is -0.115. The van der Waals surface area contributed by atoms with Crippen molar-refractivity contribution < 1.29 is 42.2 Å². The molecule has 0 saturated heterocycles. The predicted molar refractivity (Wildman–Crippen MR) is 65.9 cm³/mol. The van der Waals surface area contributed by atoms with Crippen LogP contribution in [0.3, 0.4) is 0 Å². The summed E-state index contributed by atoms with van der Waals surface area (Å²) in [6.45, 7) is 12.6. The maximum absolute atomic E-state index is 11.8. The number of carbonyl (C=O) groups excluding carboxylic acids is 1. The minimum absolute atomic E-state index is 0. The van der Waals surface area contributed by atoms with E-state index in [0.29, 0.717) is 0 Å². The zero-order chi connectivity index (χ0) is 12.6. The third-order valence-electron chi connectivity index (χ3n) is 3.94. The van der Waals surface area contributed by atoms with Crippen molar-refractivity contribution in [2.75, 3.05) is 0 Å². The second kappa shape index (κ2) is 6.06. The summed E-state index contributed by atoms with van der Waals surface area (Å²) in [5, 5.41) is 0. The van der Waals surface area contributed by atoms with E-state index in [1.807, 2.05) is 13.8 Å². The van der Waals surface area contributed by atoms with Gasteiger partial charge < -0.3 is 4.74 Å². The van der Waals surface area contributed by atoms with Gasteiger partial charge in [-0.25, -0.2) is 0 Å². The summed E-state index contributed by atoms with van der Waals surface area (Å²) in [7, 11) is 0. The van der Waals surface area contributed by atoms with Crippen molar-refractivity contribution in [2.24, 2.45) is 10.8 Å². The van der Waals surface area contributed by atoms with Gasteiger partial charge in [-0.05, 0) is 12.8 Å². The van der Waals surface area contributed by atoms with E-state index in [1.54, 1.807) is 0 Å². The van der Waals surface area contributed by atoms with Crippen LogP contribution in [0, 0.1) is 16.7 Å². The van der Waals surface area contributed by atoms with E-state index in [4.69, 9.17) is 4.74 Å². The number of rotatable bonds is 3. The molecule has 0 aliphatic heterocycles. The summed E-state index contributed by atoms with van der Waals surface area (Å²) in [6, 6.07) is 0. The van der Waals surface area contributed by atoms with Gasteiger partial charge in [-0.2, -0.15) is 13.3 Å². The molecule has 0 aromatic heterocycles. The second-order valence-corrected chi connectivity index (χ2v) is 6.40. The Kier molecular flexibility index (Phi) is 6.22. The molecule has 0 spiro atoms. The van der Waals surface area contributed by atoms with Crippen LogP contribution in [0.5, 0.6) is 0 Å². The molecular weight excluding hydrogens is 289 g/mol. The fourth-order valence-electron chi connectivity index (χ4n) is 2.64. The third kappa shape index (κ3) is 3.96. The number of hydrogen-bond donors (Lipinski definition) is 0. The van der Waals surface area contributed by atoms with Crippen molar-refractivity contribution in [2.45, 2.75) is 66.9 Å². The van der Waals surface area contributed by atoms with Crippen LogP contribution >= 0.6 is 0 Å². The van der Waals surface area contributed by atoms with E-state index in [-0.39, 0.29) is 55.6 Å². The van der Waals surface area contributed by atoms with Gasteiger partial charge in [0.05, 0.1) is 0 Å². The number of esters is 1. The number of carbonyl (C=O) groups is 1. The molecule has 1 fully saturated rings. The van der Waals surface area contributed by atoms with Crippen LogP contribution in [-0.2, 0) is 42.2 Å². The first kappa shape index (κ1) is 17.4. The van der Waals surface area contributed by atoms with Gasteiger partial charge in [-0.3, -0.25) is 10.7 Å². The summed E-state index contributed by atoms with van der Waals surface area (Å²) >= 11 is 0. The zero-order valence-electron chi connectivity index (χ0n) is 12.1. The predicted octanol–water partition coefficient (Wildman–Crippen LogP) is 3.75. The van der Waals surface area contributed by atoms with Crippen LogP contribution in [0.25, 0.3) is 0 Å². The normalized spacial score (nSPS) is 21.8. The van der Waals surface area contributed by atoms with E-state index in [9.17, 15) is 4.79 Å². The average Bonchev–Trinajstić information content (AvgIpc) is 2.40. The van der Waals surface area contributed by atoms with Gasteiger partial charge in [0, 0.05) is 43.5 Å². The molecule has 1 aliphatic carbocycles.